The fourth-order valence-electron chi connectivity index (χ4n) is 4.77. The smallest absolute Gasteiger partial charge is 0.294 e. The van der Waals surface area contributed by atoms with Gasteiger partial charge in [0.15, 0.2) is 0 Å². The third-order valence-corrected chi connectivity index (χ3v) is 7.78. The highest BCUT2D eigenvalue weighted by atomic mass is 32.2. The molecule has 1 aromatic heterocycles. The summed E-state index contributed by atoms with van der Waals surface area (Å²) in [6, 6.07) is 10.6. The highest BCUT2D eigenvalue weighted by Crippen LogP contribution is 2.34. The van der Waals surface area contributed by atoms with Crippen molar-refractivity contribution < 1.29 is 14.4 Å². The lowest BCUT2D eigenvalue weighted by Crippen LogP contribution is -2.42. The van der Waals surface area contributed by atoms with E-state index >= 15 is 0 Å². The number of likely N-dealkylation sites (tertiary alicyclic amines) is 1. The molecule has 35 heavy (non-hydrogen) atoms. The van der Waals surface area contributed by atoms with E-state index in [0.717, 1.165) is 65.0 Å². The molecule has 3 heterocycles. The van der Waals surface area contributed by atoms with Gasteiger partial charge in [-0.05, 0) is 79.3 Å². The fraction of sp³-hybridized carbons (Fsp3) is 0.464. The molecule has 1 aromatic carbocycles. The molecule has 0 aliphatic carbocycles. The average Bonchev–Trinajstić information content (AvgIpc) is 3.08. The Hall–Kier alpha value is -2.80. The van der Waals surface area contributed by atoms with Gasteiger partial charge in [-0.3, -0.25) is 19.3 Å². The Kier molecular flexibility index (Phi) is 7.27. The molecule has 0 N–H and O–H groups in total. The maximum Gasteiger partial charge on any atom is 0.294 e. The Balaban J connectivity index is 1.53. The quantitative estimate of drug-likeness (QED) is 0.503. The summed E-state index contributed by atoms with van der Waals surface area (Å²) in [5.41, 5.74) is 5.36. The molecular weight excluding hydrogens is 458 g/mol. The first kappa shape index (κ1) is 25.3. The van der Waals surface area contributed by atoms with E-state index < -0.39 is 0 Å². The van der Waals surface area contributed by atoms with Gasteiger partial charge in [0.1, 0.15) is 6.54 Å². The van der Waals surface area contributed by atoms with Crippen LogP contribution in [-0.2, 0) is 15.0 Å². The van der Waals surface area contributed by atoms with Crippen LogP contribution >= 0.6 is 11.8 Å². The Morgan fingerprint density at radius 1 is 1.00 bits per heavy atom. The molecule has 0 atom stereocenters. The average molecular weight is 494 g/mol. The summed E-state index contributed by atoms with van der Waals surface area (Å²) in [4.78, 5) is 41.7. The van der Waals surface area contributed by atoms with Crippen LogP contribution in [0.5, 0.6) is 0 Å². The topological polar surface area (TPSA) is 62.6 Å². The van der Waals surface area contributed by atoms with Crippen LogP contribution in [0.3, 0.4) is 0 Å². The maximum absolute atomic E-state index is 13.0. The Morgan fingerprint density at radius 3 is 2.23 bits per heavy atom. The van der Waals surface area contributed by atoms with Gasteiger partial charge in [-0.2, -0.15) is 0 Å². The summed E-state index contributed by atoms with van der Waals surface area (Å²) < 4.78 is 2.16. The van der Waals surface area contributed by atoms with Crippen LogP contribution in [0.1, 0.15) is 69.0 Å². The zero-order chi connectivity index (χ0) is 25.3. The van der Waals surface area contributed by atoms with Crippen LogP contribution in [0.15, 0.2) is 35.2 Å². The van der Waals surface area contributed by atoms with E-state index in [1.54, 1.807) is 11.0 Å². The number of carbonyl (C=O) groups excluding carboxylic acids is 3. The molecule has 186 valence electrons. The van der Waals surface area contributed by atoms with E-state index in [2.05, 4.69) is 49.6 Å². The number of benzene rings is 1. The largest absolute Gasteiger partial charge is 0.341 e. The molecule has 6 nitrogen and oxygen atoms in total. The van der Waals surface area contributed by atoms with E-state index in [9.17, 15) is 14.4 Å². The van der Waals surface area contributed by atoms with Crippen LogP contribution < -0.4 is 0 Å². The molecule has 2 aliphatic heterocycles. The minimum Gasteiger partial charge on any atom is -0.341 e. The number of aromatic nitrogens is 1. The number of amides is 3. The first-order valence-corrected chi connectivity index (χ1v) is 13.2. The van der Waals surface area contributed by atoms with Gasteiger partial charge < -0.3 is 9.47 Å². The molecule has 0 saturated carbocycles. The molecular formula is C28H35N3O3S. The van der Waals surface area contributed by atoms with Gasteiger partial charge in [-0.25, -0.2) is 0 Å². The molecule has 7 heteroatoms. The third-order valence-electron chi connectivity index (χ3n) is 6.87. The van der Waals surface area contributed by atoms with E-state index in [-0.39, 0.29) is 29.0 Å². The number of aryl methyl sites for hydroxylation is 1. The zero-order valence-corrected chi connectivity index (χ0v) is 22.2. The Morgan fingerprint density at radius 2 is 1.63 bits per heavy atom. The number of hydrogen-bond donors (Lipinski definition) is 0. The van der Waals surface area contributed by atoms with Crippen molar-refractivity contribution >= 4 is 34.9 Å². The number of nitrogens with zero attached hydrogens (tertiary/aromatic N) is 3. The summed E-state index contributed by atoms with van der Waals surface area (Å²) in [7, 11) is 0. The van der Waals surface area contributed by atoms with Gasteiger partial charge >= 0.3 is 0 Å². The molecule has 2 aliphatic rings. The molecule has 0 unspecified atom stereocenters. The van der Waals surface area contributed by atoms with Crippen LogP contribution in [0.2, 0.25) is 0 Å². The second-order valence-corrected chi connectivity index (χ2v) is 11.5. The van der Waals surface area contributed by atoms with Gasteiger partial charge in [-0.15, -0.1) is 0 Å². The summed E-state index contributed by atoms with van der Waals surface area (Å²) in [5, 5.41) is -0.379. The second kappa shape index (κ2) is 10.1. The highest BCUT2D eigenvalue weighted by molar-refractivity contribution is 8.18. The molecule has 0 spiro atoms. The summed E-state index contributed by atoms with van der Waals surface area (Å²) in [6.45, 7) is 11.9. The van der Waals surface area contributed by atoms with E-state index in [0.29, 0.717) is 18.0 Å². The van der Waals surface area contributed by atoms with E-state index in [4.69, 9.17) is 0 Å². The Labute approximate surface area is 212 Å². The van der Waals surface area contributed by atoms with Gasteiger partial charge in [0.05, 0.1) is 4.91 Å². The lowest BCUT2D eigenvalue weighted by atomic mass is 9.87. The first-order chi connectivity index (χ1) is 16.6. The van der Waals surface area contributed by atoms with Crippen molar-refractivity contribution in [2.75, 3.05) is 19.6 Å². The third kappa shape index (κ3) is 5.40. The molecule has 0 radical (unpaired) electrons. The number of hydrogen-bond acceptors (Lipinski definition) is 4. The molecule has 3 amide bonds. The standard InChI is InChI=1S/C28H35N3O3S/c1-19-16-21(20(2)31(19)23-12-10-22(11-13-23)28(3,4)5)17-24-26(33)30(27(34)35-24)18-25(32)29-14-8-6-7-9-15-29/h10-13,16-17H,6-9,14-15,18H2,1-5H3. The Bertz CT molecular complexity index is 1160. The maximum atomic E-state index is 13.0. The first-order valence-electron chi connectivity index (χ1n) is 12.4. The lowest BCUT2D eigenvalue weighted by Gasteiger charge is -2.22. The number of thioether (sulfide) groups is 1. The van der Waals surface area contributed by atoms with Crippen LogP contribution in [0, 0.1) is 13.8 Å². The number of rotatable bonds is 4. The molecule has 2 saturated heterocycles. The minimum atomic E-state index is -0.387. The van der Waals surface area contributed by atoms with Gasteiger partial charge in [0, 0.05) is 30.2 Å². The van der Waals surface area contributed by atoms with Crippen LogP contribution in [0.25, 0.3) is 11.8 Å². The van der Waals surface area contributed by atoms with Crippen molar-refractivity contribution in [3.05, 3.63) is 57.8 Å². The highest BCUT2D eigenvalue weighted by Gasteiger charge is 2.37. The minimum absolute atomic E-state index is 0.0853. The normalized spacial score (nSPS) is 18.5. The van der Waals surface area contributed by atoms with Crippen LogP contribution in [-0.4, -0.2) is 51.1 Å². The van der Waals surface area contributed by atoms with Crippen molar-refractivity contribution in [2.24, 2.45) is 0 Å². The molecule has 2 fully saturated rings. The molecule has 4 rings (SSSR count). The SMILES string of the molecule is Cc1cc(C=C2SC(=O)N(CC(=O)N3CCCCCC3)C2=O)c(C)n1-c1ccc(C(C)(C)C)cc1. The van der Waals surface area contributed by atoms with Gasteiger partial charge in [-0.1, -0.05) is 45.7 Å². The summed E-state index contributed by atoms with van der Waals surface area (Å²) >= 11 is 0.912. The monoisotopic (exact) mass is 493 g/mol. The zero-order valence-electron chi connectivity index (χ0n) is 21.4. The molecule has 2 aromatic rings. The van der Waals surface area contributed by atoms with Gasteiger partial charge in [0.2, 0.25) is 5.91 Å². The molecule has 0 bridgehead atoms. The van der Waals surface area contributed by atoms with Gasteiger partial charge in [0.25, 0.3) is 11.1 Å². The van der Waals surface area contributed by atoms with Crippen molar-refractivity contribution in [3.63, 3.8) is 0 Å². The number of carbonyl (C=O) groups is 3. The van der Waals surface area contributed by atoms with E-state index in [1.807, 2.05) is 19.9 Å². The fourth-order valence-corrected chi connectivity index (χ4v) is 5.60. The van der Waals surface area contributed by atoms with Crippen LogP contribution in [0.4, 0.5) is 4.79 Å². The predicted octanol–water partition coefficient (Wildman–Crippen LogP) is 5.83. The van der Waals surface area contributed by atoms with Crippen molar-refractivity contribution in [1.29, 1.82) is 0 Å². The van der Waals surface area contributed by atoms with Crippen molar-refractivity contribution in [2.45, 2.75) is 65.7 Å². The van der Waals surface area contributed by atoms with Crippen molar-refractivity contribution in [1.82, 2.24) is 14.4 Å². The predicted molar refractivity (Wildman–Crippen MR) is 142 cm³/mol. The summed E-state index contributed by atoms with van der Waals surface area (Å²) in [6.07, 6.45) is 5.97. The van der Waals surface area contributed by atoms with E-state index in [1.165, 1.54) is 5.56 Å². The van der Waals surface area contributed by atoms with Crippen molar-refractivity contribution in [3.8, 4) is 5.69 Å². The summed E-state index contributed by atoms with van der Waals surface area (Å²) in [5.74, 6) is -0.533. The second-order valence-electron chi connectivity index (χ2n) is 10.5. The lowest BCUT2D eigenvalue weighted by molar-refractivity contribution is -0.135. The number of imide groups is 1.